The Morgan fingerprint density at radius 3 is 2.39 bits per heavy atom. The van der Waals surface area contributed by atoms with Gasteiger partial charge in [0, 0.05) is 34.9 Å². The van der Waals surface area contributed by atoms with Gasteiger partial charge in [-0.1, -0.05) is 40.9 Å². The first-order valence-corrected chi connectivity index (χ1v) is 8.29. The van der Waals surface area contributed by atoms with E-state index >= 15 is 0 Å². The van der Waals surface area contributed by atoms with Crippen molar-refractivity contribution in [1.29, 1.82) is 0 Å². The average Bonchev–Trinajstić information content (AvgIpc) is 2.32. The standard InChI is InChI=1S/C12H16Cl3NOS/c1-7(18(3)17)6-16-8(2)9-4-5-10(13)12(15)11(9)14/h4-5,7-8,16H,6H2,1-3H3. The molecule has 0 amide bonds. The quantitative estimate of drug-likeness (QED) is 0.826. The molecule has 0 radical (unpaired) electrons. The molecule has 3 unspecified atom stereocenters. The predicted octanol–water partition coefficient (Wildman–Crippen LogP) is 4.06. The molecule has 3 atom stereocenters. The zero-order valence-electron chi connectivity index (χ0n) is 10.5. The SMILES string of the molecule is CC(NCC(C)S(C)=O)c1ccc(Cl)c(Cl)c1Cl. The second-order valence-corrected chi connectivity index (χ2v) is 7.17. The van der Waals surface area contributed by atoms with E-state index in [0.717, 1.165) is 5.56 Å². The van der Waals surface area contributed by atoms with E-state index in [2.05, 4.69) is 5.32 Å². The molecule has 102 valence electrons. The lowest BCUT2D eigenvalue weighted by molar-refractivity contribution is 0.569. The molecule has 1 N–H and O–H groups in total. The fourth-order valence-corrected chi connectivity index (χ4v) is 2.48. The summed E-state index contributed by atoms with van der Waals surface area (Å²) < 4.78 is 11.3. The van der Waals surface area contributed by atoms with Crippen LogP contribution in [-0.4, -0.2) is 22.3 Å². The van der Waals surface area contributed by atoms with Crippen LogP contribution in [0.2, 0.25) is 15.1 Å². The van der Waals surface area contributed by atoms with Crippen molar-refractivity contribution in [1.82, 2.24) is 5.32 Å². The van der Waals surface area contributed by atoms with Crippen molar-refractivity contribution in [3.63, 3.8) is 0 Å². The fourth-order valence-electron chi connectivity index (χ4n) is 1.45. The summed E-state index contributed by atoms with van der Waals surface area (Å²) in [5, 5.41) is 4.66. The van der Waals surface area contributed by atoms with Gasteiger partial charge >= 0.3 is 0 Å². The zero-order chi connectivity index (χ0) is 13.9. The molecule has 0 aliphatic rings. The van der Waals surface area contributed by atoms with Crippen LogP contribution in [0.1, 0.15) is 25.5 Å². The highest BCUT2D eigenvalue weighted by Crippen LogP contribution is 2.35. The second kappa shape index (κ2) is 7.11. The smallest absolute Gasteiger partial charge is 0.0781 e. The van der Waals surface area contributed by atoms with Crippen molar-refractivity contribution >= 4 is 45.6 Å². The first-order chi connectivity index (χ1) is 8.34. The Bertz CT molecular complexity index is 453. The lowest BCUT2D eigenvalue weighted by Gasteiger charge is -2.18. The van der Waals surface area contributed by atoms with Gasteiger partial charge in [0.05, 0.1) is 15.1 Å². The van der Waals surface area contributed by atoms with Crippen LogP contribution >= 0.6 is 34.8 Å². The Hall–Kier alpha value is 0.200. The van der Waals surface area contributed by atoms with Crippen molar-refractivity contribution in [3.05, 3.63) is 32.8 Å². The minimum Gasteiger partial charge on any atom is -0.309 e. The Balaban J connectivity index is 2.76. The first kappa shape index (κ1) is 16.3. The minimum atomic E-state index is -0.839. The summed E-state index contributed by atoms with van der Waals surface area (Å²) in [6.07, 6.45) is 1.70. The molecule has 0 spiro atoms. The van der Waals surface area contributed by atoms with Crippen LogP contribution in [0.4, 0.5) is 0 Å². The largest absolute Gasteiger partial charge is 0.309 e. The number of hydrogen-bond donors (Lipinski definition) is 1. The Morgan fingerprint density at radius 2 is 1.83 bits per heavy atom. The van der Waals surface area contributed by atoms with E-state index in [1.807, 2.05) is 19.9 Å². The van der Waals surface area contributed by atoms with Gasteiger partial charge in [0.15, 0.2) is 0 Å². The van der Waals surface area contributed by atoms with Crippen molar-refractivity contribution in [2.24, 2.45) is 0 Å². The minimum absolute atomic E-state index is 0.0262. The highest BCUT2D eigenvalue weighted by atomic mass is 35.5. The third-order valence-corrected chi connectivity index (χ3v) is 5.42. The lowest BCUT2D eigenvalue weighted by Crippen LogP contribution is -2.29. The van der Waals surface area contributed by atoms with E-state index in [0.29, 0.717) is 21.6 Å². The van der Waals surface area contributed by atoms with E-state index in [4.69, 9.17) is 34.8 Å². The molecular weight excluding hydrogens is 313 g/mol. The first-order valence-electron chi connectivity index (χ1n) is 5.53. The Labute approximate surface area is 125 Å². The van der Waals surface area contributed by atoms with Gasteiger partial charge in [-0.15, -0.1) is 0 Å². The summed E-state index contributed by atoms with van der Waals surface area (Å²) in [7, 11) is -0.839. The monoisotopic (exact) mass is 327 g/mol. The molecule has 0 saturated carbocycles. The summed E-state index contributed by atoms with van der Waals surface area (Å²) >= 11 is 18.0. The van der Waals surface area contributed by atoms with Crippen LogP contribution in [0.3, 0.4) is 0 Å². The molecule has 0 bridgehead atoms. The maximum absolute atomic E-state index is 11.3. The average molecular weight is 329 g/mol. The lowest BCUT2D eigenvalue weighted by atomic mass is 10.1. The van der Waals surface area contributed by atoms with E-state index in [-0.39, 0.29) is 11.3 Å². The number of halogens is 3. The Kier molecular flexibility index (Phi) is 6.42. The van der Waals surface area contributed by atoms with Crippen LogP contribution < -0.4 is 5.32 Å². The molecule has 2 nitrogen and oxygen atoms in total. The highest BCUT2D eigenvalue weighted by molar-refractivity contribution is 7.84. The number of hydrogen-bond acceptors (Lipinski definition) is 2. The third-order valence-electron chi connectivity index (χ3n) is 2.81. The molecule has 0 aliphatic heterocycles. The van der Waals surface area contributed by atoms with Crippen molar-refractivity contribution < 1.29 is 4.21 Å². The summed E-state index contributed by atoms with van der Waals surface area (Å²) in [4.78, 5) is 0. The molecule has 18 heavy (non-hydrogen) atoms. The molecule has 1 aromatic rings. The van der Waals surface area contributed by atoms with Gasteiger partial charge in [-0.05, 0) is 25.5 Å². The number of nitrogens with one attached hydrogen (secondary N) is 1. The molecule has 1 aromatic carbocycles. The summed E-state index contributed by atoms with van der Waals surface area (Å²) in [6.45, 7) is 4.57. The molecule has 6 heteroatoms. The summed E-state index contributed by atoms with van der Waals surface area (Å²) in [6, 6.07) is 3.60. The molecule has 0 saturated heterocycles. The number of rotatable bonds is 5. The third kappa shape index (κ3) is 4.10. The number of benzene rings is 1. The van der Waals surface area contributed by atoms with Gasteiger partial charge in [0.2, 0.25) is 0 Å². The maximum Gasteiger partial charge on any atom is 0.0781 e. The summed E-state index contributed by atoms with van der Waals surface area (Å²) in [5.74, 6) is 0. The highest BCUT2D eigenvalue weighted by Gasteiger charge is 2.15. The summed E-state index contributed by atoms with van der Waals surface area (Å²) in [5.41, 5.74) is 0.889. The van der Waals surface area contributed by atoms with Crippen LogP contribution in [0.15, 0.2) is 12.1 Å². The van der Waals surface area contributed by atoms with Gasteiger partial charge in [-0.3, -0.25) is 4.21 Å². The molecule has 0 heterocycles. The van der Waals surface area contributed by atoms with Crippen LogP contribution in [0.5, 0.6) is 0 Å². The van der Waals surface area contributed by atoms with Crippen LogP contribution in [-0.2, 0) is 10.8 Å². The molecule has 1 rings (SSSR count). The normalized spacial score (nSPS) is 16.3. The molecular formula is C12H16Cl3NOS. The van der Waals surface area contributed by atoms with Gasteiger partial charge in [0.1, 0.15) is 0 Å². The van der Waals surface area contributed by atoms with E-state index in [1.165, 1.54) is 0 Å². The van der Waals surface area contributed by atoms with Gasteiger partial charge in [-0.25, -0.2) is 0 Å². The molecule has 0 fully saturated rings. The van der Waals surface area contributed by atoms with E-state index < -0.39 is 10.8 Å². The Morgan fingerprint density at radius 1 is 1.22 bits per heavy atom. The molecule has 0 aromatic heterocycles. The van der Waals surface area contributed by atoms with E-state index in [9.17, 15) is 4.21 Å². The fraction of sp³-hybridized carbons (Fsp3) is 0.500. The van der Waals surface area contributed by atoms with Crippen molar-refractivity contribution in [2.75, 3.05) is 12.8 Å². The van der Waals surface area contributed by atoms with Gasteiger partial charge in [0.25, 0.3) is 0 Å². The topological polar surface area (TPSA) is 29.1 Å². The van der Waals surface area contributed by atoms with Gasteiger partial charge in [-0.2, -0.15) is 0 Å². The predicted molar refractivity (Wildman–Crippen MR) is 81.4 cm³/mol. The second-order valence-electron chi connectivity index (χ2n) is 4.20. The van der Waals surface area contributed by atoms with Crippen molar-refractivity contribution in [3.8, 4) is 0 Å². The van der Waals surface area contributed by atoms with Crippen LogP contribution in [0, 0.1) is 0 Å². The molecule has 0 aliphatic carbocycles. The van der Waals surface area contributed by atoms with Gasteiger partial charge < -0.3 is 5.32 Å². The van der Waals surface area contributed by atoms with Crippen LogP contribution in [0.25, 0.3) is 0 Å². The van der Waals surface area contributed by atoms with Crippen molar-refractivity contribution in [2.45, 2.75) is 25.1 Å². The zero-order valence-corrected chi connectivity index (χ0v) is 13.6. The van der Waals surface area contributed by atoms with E-state index in [1.54, 1.807) is 12.3 Å². The maximum atomic E-state index is 11.3.